The van der Waals surface area contributed by atoms with Gasteiger partial charge in [0.05, 0.1) is 0 Å². The monoisotopic (exact) mass is 282 g/mol. The van der Waals surface area contributed by atoms with E-state index in [1.165, 1.54) is 28.8 Å². The van der Waals surface area contributed by atoms with Crippen LogP contribution >= 0.6 is 11.8 Å². The standard InChI is InChI=1S/C13H15FN2O2S/c14-11-3-1-10(2-4-11)5-6-15-12(17)9-16-7-8-19-13(16)18/h1-4H,5-9H2,(H,15,17). The van der Waals surface area contributed by atoms with Crippen LogP contribution in [-0.4, -0.2) is 41.4 Å². The minimum atomic E-state index is -0.266. The van der Waals surface area contributed by atoms with E-state index in [1.807, 2.05) is 0 Å². The molecular formula is C13H15FN2O2S. The molecule has 1 heterocycles. The summed E-state index contributed by atoms with van der Waals surface area (Å²) >= 11 is 1.24. The van der Waals surface area contributed by atoms with Crippen LogP contribution in [0, 0.1) is 5.82 Å². The van der Waals surface area contributed by atoms with Crippen molar-refractivity contribution in [2.75, 3.05) is 25.4 Å². The summed E-state index contributed by atoms with van der Waals surface area (Å²) in [6.07, 6.45) is 0.648. The largest absolute Gasteiger partial charge is 0.354 e. The fourth-order valence-corrected chi connectivity index (χ4v) is 2.62. The van der Waals surface area contributed by atoms with E-state index in [-0.39, 0.29) is 23.5 Å². The molecule has 0 spiro atoms. The van der Waals surface area contributed by atoms with E-state index in [4.69, 9.17) is 0 Å². The van der Waals surface area contributed by atoms with Gasteiger partial charge in [0.25, 0.3) is 5.24 Å². The molecule has 0 aromatic heterocycles. The molecule has 1 aromatic rings. The lowest BCUT2D eigenvalue weighted by Gasteiger charge is -2.13. The number of halogens is 1. The van der Waals surface area contributed by atoms with Crippen molar-refractivity contribution < 1.29 is 14.0 Å². The van der Waals surface area contributed by atoms with E-state index >= 15 is 0 Å². The number of carbonyl (C=O) groups is 2. The van der Waals surface area contributed by atoms with Crippen molar-refractivity contribution in [2.45, 2.75) is 6.42 Å². The highest BCUT2D eigenvalue weighted by Crippen LogP contribution is 2.16. The predicted octanol–water partition coefficient (Wildman–Crippen LogP) is 1.65. The van der Waals surface area contributed by atoms with Gasteiger partial charge in [0.2, 0.25) is 5.91 Å². The van der Waals surface area contributed by atoms with Gasteiger partial charge in [0, 0.05) is 18.8 Å². The van der Waals surface area contributed by atoms with Gasteiger partial charge in [-0.25, -0.2) is 4.39 Å². The third-order valence-electron chi connectivity index (χ3n) is 2.83. The molecule has 0 saturated carbocycles. The molecule has 2 rings (SSSR count). The summed E-state index contributed by atoms with van der Waals surface area (Å²) < 4.78 is 12.7. The Morgan fingerprint density at radius 1 is 1.37 bits per heavy atom. The summed E-state index contributed by atoms with van der Waals surface area (Å²) in [5.74, 6) is 0.331. The number of nitrogens with zero attached hydrogens (tertiary/aromatic N) is 1. The van der Waals surface area contributed by atoms with Crippen LogP contribution in [0.5, 0.6) is 0 Å². The summed E-state index contributed by atoms with van der Waals surface area (Å²) in [7, 11) is 0. The van der Waals surface area contributed by atoms with Gasteiger partial charge in [-0.1, -0.05) is 23.9 Å². The molecule has 1 aliphatic rings. The summed E-state index contributed by atoms with van der Waals surface area (Å²) in [5, 5.41) is 2.72. The van der Waals surface area contributed by atoms with E-state index in [9.17, 15) is 14.0 Å². The molecule has 0 radical (unpaired) electrons. The van der Waals surface area contributed by atoms with Crippen LogP contribution in [0.25, 0.3) is 0 Å². The Labute approximate surface area is 115 Å². The topological polar surface area (TPSA) is 49.4 Å². The summed E-state index contributed by atoms with van der Waals surface area (Å²) in [6, 6.07) is 6.19. The van der Waals surface area contributed by atoms with E-state index in [0.29, 0.717) is 19.5 Å². The third-order valence-corrected chi connectivity index (χ3v) is 3.72. The van der Waals surface area contributed by atoms with Gasteiger partial charge >= 0.3 is 0 Å². The van der Waals surface area contributed by atoms with Crippen LogP contribution in [0.1, 0.15) is 5.56 Å². The highest BCUT2D eigenvalue weighted by molar-refractivity contribution is 8.13. The first-order valence-electron chi connectivity index (χ1n) is 6.08. The maximum Gasteiger partial charge on any atom is 0.282 e. The average molecular weight is 282 g/mol. The fraction of sp³-hybridized carbons (Fsp3) is 0.385. The van der Waals surface area contributed by atoms with Crippen molar-refractivity contribution in [3.63, 3.8) is 0 Å². The Balaban J connectivity index is 1.69. The predicted molar refractivity (Wildman–Crippen MR) is 72.5 cm³/mol. The van der Waals surface area contributed by atoms with Crippen molar-refractivity contribution in [3.05, 3.63) is 35.6 Å². The molecule has 0 bridgehead atoms. The van der Waals surface area contributed by atoms with Crippen molar-refractivity contribution in [1.82, 2.24) is 10.2 Å². The van der Waals surface area contributed by atoms with E-state index in [1.54, 1.807) is 12.1 Å². The summed E-state index contributed by atoms with van der Waals surface area (Å²) in [4.78, 5) is 24.5. The van der Waals surface area contributed by atoms with Crippen LogP contribution < -0.4 is 5.32 Å². The Morgan fingerprint density at radius 2 is 2.11 bits per heavy atom. The first-order chi connectivity index (χ1) is 9.15. The molecule has 0 atom stereocenters. The second kappa shape index (κ2) is 6.56. The molecule has 1 N–H and O–H groups in total. The van der Waals surface area contributed by atoms with E-state index < -0.39 is 0 Å². The third kappa shape index (κ3) is 4.24. The molecule has 0 unspecified atom stereocenters. The molecule has 1 fully saturated rings. The van der Waals surface area contributed by atoms with Gasteiger partial charge in [-0.2, -0.15) is 0 Å². The number of amides is 2. The first-order valence-corrected chi connectivity index (χ1v) is 7.06. The molecular weight excluding hydrogens is 267 g/mol. The van der Waals surface area contributed by atoms with Gasteiger partial charge in [0.15, 0.2) is 0 Å². The first kappa shape index (κ1) is 13.9. The Kier molecular flexibility index (Phi) is 4.79. The summed E-state index contributed by atoms with van der Waals surface area (Å²) in [5.41, 5.74) is 0.967. The lowest BCUT2D eigenvalue weighted by atomic mass is 10.1. The lowest BCUT2D eigenvalue weighted by Crippen LogP contribution is -2.38. The zero-order chi connectivity index (χ0) is 13.7. The SMILES string of the molecule is O=C(CN1CCSC1=O)NCCc1ccc(F)cc1. The molecule has 102 valence electrons. The Morgan fingerprint density at radius 3 is 2.74 bits per heavy atom. The molecule has 1 saturated heterocycles. The fourth-order valence-electron chi connectivity index (χ4n) is 1.80. The maximum absolute atomic E-state index is 12.7. The second-order valence-electron chi connectivity index (χ2n) is 4.26. The van der Waals surface area contributed by atoms with E-state index in [0.717, 1.165) is 11.3 Å². The van der Waals surface area contributed by atoms with Crippen molar-refractivity contribution in [1.29, 1.82) is 0 Å². The van der Waals surface area contributed by atoms with Crippen molar-refractivity contribution in [3.8, 4) is 0 Å². The van der Waals surface area contributed by atoms with Gasteiger partial charge in [0.1, 0.15) is 12.4 Å². The van der Waals surface area contributed by atoms with E-state index in [2.05, 4.69) is 5.32 Å². The number of rotatable bonds is 5. The molecule has 1 aromatic carbocycles. The molecule has 4 nitrogen and oxygen atoms in total. The number of benzene rings is 1. The quantitative estimate of drug-likeness (QED) is 0.893. The highest BCUT2D eigenvalue weighted by atomic mass is 32.2. The minimum Gasteiger partial charge on any atom is -0.354 e. The molecule has 6 heteroatoms. The van der Waals surface area contributed by atoms with Gasteiger partial charge in [-0.05, 0) is 24.1 Å². The van der Waals surface area contributed by atoms with Gasteiger partial charge in [-0.3, -0.25) is 9.59 Å². The smallest absolute Gasteiger partial charge is 0.282 e. The second-order valence-corrected chi connectivity index (χ2v) is 5.31. The lowest BCUT2D eigenvalue weighted by molar-refractivity contribution is -0.121. The number of hydrogen-bond acceptors (Lipinski definition) is 3. The molecule has 2 amide bonds. The molecule has 0 aliphatic carbocycles. The van der Waals surface area contributed by atoms with Gasteiger partial charge < -0.3 is 10.2 Å². The Bertz CT molecular complexity index is 464. The van der Waals surface area contributed by atoms with Gasteiger partial charge in [-0.15, -0.1) is 0 Å². The highest BCUT2D eigenvalue weighted by Gasteiger charge is 2.22. The molecule has 19 heavy (non-hydrogen) atoms. The maximum atomic E-state index is 12.7. The Hall–Kier alpha value is -1.56. The average Bonchev–Trinajstić information content (AvgIpc) is 2.78. The number of hydrogen-bond donors (Lipinski definition) is 1. The van der Waals surface area contributed by atoms with Crippen LogP contribution in [-0.2, 0) is 11.2 Å². The van der Waals surface area contributed by atoms with Crippen LogP contribution in [0.3, 0.4) is 0 Å². The van der Waals surface area contributed by atoms with Crippen molar-refractivity contribution in [2.24, 2.45) is 0 Å². The minimum absolute atomic E-state index is 0.0336. The van der Waals surface area contributed by atoms with Crippen LogP contribution in [0.15, 0.2) is 24.3 Å². The number of carbonyl (C=O) groups excluding carboxylic acids is 2. The number of nitrogens with one attached hydrogen (secondary N) is 1. The zero-order valence-electron chi connectivity index (χ0n) is 10.4. The van der Waals surface area contributed by atoms with Crippen LogP contribution in [0.4, 0.5) is 9.18 Å². The molecule has 1 aliphatic heterocycles. The van der Waals surface area contributed by atoms with Crippen LogP contribution in [0.2, 0.25) is 0 Å². The number of thioether (sulfide) groups is 1. The van der Waals surface area contributed by atoms with Crippen molar-refractivity contribution >= 4 is 22.9 Å². The zero-order valence-corrected chi connectivity index (χ0v) is 11.2. The normalized spacial score (nSPS) is 14.8. The summed E-state index contributed by atoms with van der Waals surface area (Å²) in [6.45, 7) is 1.24.